The number of nitrogens with one attached hydrogen (secondary N) is 1. The summed E-state index contributed by atoms with van der Waals surface area (Å²) in [7, 11) is 0. The van der Waals surface area contributed by atoms with Crippen molar-refractivity contribution in [2.45, 2.75) is 19.0 Å². The molecule has 110 valence electrons. The van der Waals surface area contributed by atoms with Gasteiger partial charge in [-0.05, 0) is 24.2 Å². The molecule has 0 aliphatic carbocycles. The molecule has 1 aromatic rings. The van der Waals surface area contributed by atoms with Gasteiger partial charge in [0.1, 0.15) is 0 Å². The molecular formula is C15H21Cl2N3. The van der Waals surface area contributed by atoms with Crippen LogP contribution in [-0.2, 0) is 0 Å². The Morgan fingerprint density at radius 1 is 1.20 bits per heavy atom. The molecule has 2 atom stereocenters. The lowest BCUT2D eigenvalue weighted by Gasteiger charge is -2.50. The molecule has 1 N–H and O–H groups in total. The van der Waals surface area contributed by atoms with Gasteiger partial charge in [0.05, 0.1) is 10.0 Å². The van der Waals surface area contributed by atoms with Crippen molar-refractivity contribution in [3.05, 3.63) is 33.8 Å². The number of nitrogens with zero attached hydrogens (tertiary/aromatic N) is 2. The van der Waals surface area contributed by atoms with Crippen molar-refractivity contribution in [2.24, 2.45) is 0 Å². The molecule has 5 heteroatoms. The zero-order chi connectivity index (χ0) is 14.1. The van der Waals surface area contributed by atoms with Crippen LogP contribution in [0.5, 0.6) is 0 Å². The van der Waals surface area contributed by atoms with Gasteiger partial charge in [0.25, 0.3) is 0 Å². The van der Waals surface area contributed by atoms with Crippen LogP contribution >= 0.6 is 23.2 Å². The minimum Gasteiger partial charge on any atom is -0.309 e. The first-order valence-electron chi connectivity index (χ1n) is 7.33. The van der Waals surface area contributed by atoms with Crippen LogP contribution in [-0.4, -0.2) is 55.1 Å². The third-order valence-electron chi connectivity index (χ3n) is 4.43. The molecule has 0 saturated carbocycles. The Morgan fingerprint density at radius 2 is 1.95 bits per heavy atom. The van der Waals surface area contributed by atoms with Crippen molar-refractivity contribution in [2.75, 3.05) is 39.3 Å². The van der Waals surface area contributed by atoms with Crippen molar-refractivity contribution in [3.8, 4) is 0 Å². The summed E-state index contributed by atoms with van der Waals surface area (Å²) in [5, 5.41) is 4.90. The second kappa shape index (κ2) is 6.20. The molecule has 3 saturated heterocycles. The summed E-state index contributed by atoms with van der Waals surface area (Å²) in [5.41, 5.74) is 1.24. The molecule has 4 rings (SSSR count). The van der Waals surface area contributed by atoms with Gasteiger partial charge in [-0.2, -0.15) is 0 Å². The predicted molar refractivity (Wildman–Crippen MR) is 84.7 cm³/mol. The van der Waals surface area contributed by atoms with Gasteiger partial charge < -0.3 is 5.32 Å². The molecule has 0 amide bonds. The normalized spacial score (nSPS) is 30.4. The monoisotopic (exact) mass is 313 g/mol. The second-order valence-electron chi connectivity index (χ2n) is 5.61. The Morgan fingerprint density at radius 3 is 2.50 bits per heavy atom. The standard InChI is InChI=1S/C15H21Cl2N3/c1-2-18-15(11-3-4-12(16)13(17)9-11)14-10-19-5-7-20(14)8-6-19/h3-4,9,14-15,18H,2,5-8,10H2,1H3. The van der Waals surface area contributed by atoms with E-state index in [1.165, 1.54) is 31.7 Å². The van der Waals surface area contributed by atoms with Crippen molar-refractivity contribution in [1.82, 2.24) is 15.1 Å². The number of hydrogen-bond donors (Lipinski definition) is 1. The number of fused-ring (bicyclic) bond motifs is 3. The van der Waals surface area contributed by atoms with Gasteiger partial charge in [0, 0.05) is 44.8 Å². The fourth-order valence-electron chi connectivity index (χ4n) is 3.38. The molecule has 0 radical (unpaired) electrons. The molecule has 3 fully saturated rings. The summed E-state index contributed by atoms with van der Waals surface area (Å²) in [4.78, 5) is 5.17. The Kier molecular flexibility index (Phi) is 4.53. The smallest absolute Gasteiger partial charge is 0.0595 e. The van der Waals surface area contributed by atoms with E-state index in [1.54, 1.807) is 0 Å². The molecule has 3 aliphatic rings. The van der Waals surface area contributed by atoms with Gasteiger partial charge in [-0.3, -0.25) is 9.80 Å². The predicted octanol–water partition coefficient (Wildman–Crippen LogP) is 2.64. The van der Waals surface area contributed by atoms with Crippen molar-refractivity contribution >= 4 is 23.2 Å². The maximum Gasteiger partial charge on any atom is 0.0595 e. The minimum atomic E-state index is 0.317. The largest absolute Gasteiger partial charge is 0.309 e. The molecule has 2 bridgehead atoms. The third-order valence-corrected chi connectivity index (χ3v) is 5.17. The highest BCUT2D eigenvalue weighted by atomic mass is 35.5. The van der Waals surface area contributed by atoms with E-state index < -0.39 is 0 Å². The lowest BCUT2D eigenvalue weighted by Crippen LogP contribution is -2.63. The van der Waals surface area contributed by atoms with E-state index in [9.17, 15) is 0 Å². The van der Waals surface area contributed by atoms with Gasteiger partial charge >= 0.3 is 0 Å². The Balaban J connectivity index is 1.86. The topological polar surface area (TPSA) is 18.5 Å². The van der Waals surface area contributed by atoms with E-state index in [1.807, 2.05) is 12.1 Å². The van der Waals surface area contributed by atoms with E-state index in [0.717, 1.165) is 13.1 Å². The Bertz CT molecular complexity index is 472. The van der Waals surface area contributed by atoms with Gasteiger partial charge in [-0.25, -0.2) is 0 Å². The molecule has 20 heavy (non-hydrogen) atoms. The molecule has 0 spiro atoms. The Hall–Kier alpha value is -0.320. The molecule has 3 aliphatic heterocycles. The quantitative estimate of drug-likeness (QED) is 0.922. The van der Waals surface area contributed by atoms with Crippen LogP contribution in [0.3, 0.4) is 0 Å². The number of hydrogen-bond acceptors (Lipinski definition) is 3. The number of likely N-dealkylation sites (N-methyl/N-ethyl adjacent to an activating group) is 1. The number of rotatable bonds is 4. The third kappa shape index (κ3) is 2.83. The van der Waals surface area contributed by atoms with Gasteiger partial charge in [-0.1, -0.05) is 36.2 Å². The first-order valence-corrected chi connectivity index (χ1v) is 8.09. The first kappa shape index (κ1) is 14.6. The van der Waals surface area contributed by atoms with E-state index in [2.05, 4.69) is 28.1 Å². The molecule has 2 unspecified atom stereocenters. The minimum absolute atomic E-state index is 0.317. The highest BCUT2D eigenvalue weighted by Crippen LogP contribution is 2.31. The zero-order valence-electron chi connectivity index (χ0n) is 11.8. The number of benzene rings is 1. The fraction of sp³-hybridized carbons (Fsp3) is 0.600. The second-order valence-corrected chi connectivity index (χ2v) is 6.43. The average Bonchev–Trinajstić information content (AvgIpc) is 2.49. The van der Waals surface area contributed by atoms with E-state index in [-0.39, 0.29) is 0 Å². The van der Waals surface area contributed by atoms with E-state index in [4.69, 9.17) is 23.2 Å². The molecular weight excluding hydrogens is 293 g/mol. The van der Waals surface area contributed by atoms with Gasteiger partial charge in [-0.15, -0.1) is 0 Å². The van der Waals surface area contributed by atoms with Crippen LogP contribution in [0.25, 0.3) is 0 Å². The van der Waals surface area contributed by atoms with E-state index >= 15 is 0 Å². The van der Waals surface area contributed by atoms with Crippen LogP contribution in [0.15, 0.2) is 18.2 Å². The summed E-state index contributed by atoms with van der Waals surface area (Å²) >= 11 is 12.2. The van der Waals surface area contributed by atoms with Crippen LogP contribution < -0.4 is 5.32 Å². The number of piperazine rings is 3. The molecule has 3 heterocycles. The average molecular weight is 314 g/mol. The summed E-state index contributed by atoms with van der Waals surface area (Å²) in [6.45, 7) is 9.00. The van der Waals surface area contributed by atoms with Gasteiger partial charge in [0.2, 0.25) is 0 Å². The fourth-order valence-corrected chi connectivity index (χ4v) is 3.68. The van der Waals surface area contributed by atoms with Crippen LogP contribution in [0.4, 0.5) is 0 Å². The lowest BCUT2D eigenvalue weighted by molar-refractivity contribution is -0.00342. The Labute approximate surface area is 130 Å². The first-order chi connectivity index (χ1) is 9.69. The van der Waals surface area contributed by atoms with Crippen LogP contribution in [0, 0.1) is 0 Å². The summed E-state index contributed by atoms with van der Waals surface area (Å²) < 4.78 is 0. The lowest BCUT2D eigenvalue weighted by atomic mass is 9.94. The van der Waals surface area contributed by atoms with E-state index in [0.29, 0.717) is 22.1 Å². The van der Waals surface area contributed by atoms with Crippen molar-refractivity contribution in [3.63, 3.8) is 0 Å². The number of halogens is 2. The molecule has 3 nitrogen and oxygen atoms in total. The van der Waals surface area contributed by atoms with Crippen molar-refractivity contribution in [1.29, 1.82) is 0 Å². The highest BCUT2D eigenvalue weighted by Gasteiger charge is 2.37. The summed E-state index contributed by atoms with van der Waals surface area (Å²) in [5.74, 6) is 0. The molecule has 1 aromatic carbocycles. The van der Waals surface area contributed by atoms with Crippen LogP contribution in [0.1, 0.15) is 18.5 Å². The SMILES string of the molecule is CCNC(c1ccc(Cl)c(Cl)c1)C1CN2CCN1CC2. The summed E-state index contributed by atoms with van der Waals surface area (Å²) in [6, 6.07) is 6.85. The maximum atomic E-state index is 6.19. The van der Waals surface area contributed by atoms with Gasteiger partial charge in [0.15, 0.2) is 0 Å². The van der Waals surface area contributed by atoms with Crippen LogP contribution in [0.2, 0.25) is 10.0 Å². The molecule has 0 aromatic heterocycles. The highest BCUT2D eigenvalue weighted by molar-refractivity contribution is 6.42. The maximum absolute atomic E-state index is 6.19. The van der Waals surface area contributed by atoms with Crippen molar-refractivity contribution < 1.29 is 0 Å². The zero-order valence-corrected chi connectivity index (χ0v) is 13.3. The summed E-state index contributed by atoms with van der Waals surface area (Å²) in [6.07, 6.45) is 0.